The summed E-state index contributed by atoms with van der Waals surface area (Å²) >= 11 is 0. The molecule has 6 nitrogen and oxygen atoms in total. The summed E-state index contributed by atoms with van der Waals surface area (Å²) < 4.78 is 18.9. The van der Waals surface area contributed by atoms with Gasteiger partial charge in [0.05, 0.1) is 6.61 Å². The van der Waals surface area contributed by atoms with E-state index < -0.39 is 0 Å². The van der Waals surface area contributed by atoms with Crippen molar-refractivity contribution >= 4 is 0 Å². The van der Waals surface area contributed by atoms with E-state index in [0.29, 0.717) is 47.9 Å². The summed E-state index contributed by atoms with van der Waals surface area (Å²) in [6, 6.07) is 18.2. The van der Waals surface area contributed by atoms with E-state index in [1.54, 1.807) is 0 Å². The lowest BCUT2D eigenvalue weighted by atomic mass is 9.82. The zero-order valence-electron chi connectivity index (χ0n) is 29.1. The number of hydrogen-bond donors (Lipinski definition) is 0. The van der Waals surface area contributed by atoms with Gasteiger partial charge >= 0.3 is 0 Å². The van der Waals surface area contributed by atoms with Crippen LogP contribution >= 0.6 is 0 Å². The van der Waals surface area contributed by atoms with Crippen LogP contribution in [-0.4, -0.2) is 33.8 Å². The molecule has 0 radical (unpaired) electrons. The van der Waals surface area contributed by atoms with E-state index in [2.05, 4.69) is 105 Å². The highest BCUT2D eigenvalue weighted by atomic mass is 16.5. The lowest BCUT2D eigenvalue weighted by Gasteiger charge is -2.34. The van der Waals surface area contributed by atoms with Crippen LogP contribution in [0.25, 0.3) is 0 Å². The van der Waals surface area contributed by atoms with Crippen molar-refractivity contribution in [1.29, 1.82) is 0 Å². The highest BCUT2D eigenvalue weighted by Gasteiger charge is 2.31. The molecule has 0 fully saturated rings. The quantitative estimate of drug-likeness (QED) is 0.162. The Bertz CT molecular complexity index is 1290. The fraction of sp³-hybridized carbons (Fsp3) is 0.605. The van der Waals surface area contributed by atoms with E-state index in [1.807, 2.05) is 30.3 Å². The molecule has 3 heterocycles. The average Bonchev–Trinajstić information content (AvgIpc) is 2.98. The van der Waals surface area contributed by atoms with Crippen molar-refractivity contribution in [2.24, 2.45) is 17.3 Å². The molecule has 3 aromatic heterocycles. The summed E-state index contributed by atoms with van der Waals surface area (Å²) in [7, 11) is 0. The largest absolute Gasteiger partial charge is 0.477 e. The molecule has 0 saturated heterocycles. The first kappa shape index (κ1) is 35.3. The van der Waals surface area contributed by atoms with E-state index in [9.17, 15) is 0 Å². The topological polar surface area (TPSA) is 66.4 Å². The predicted octanol–water partition coefficient (Wildman–Crippen LogP) is 10.0. The first-order chi connectivity index (χ1) is 20.7. The van der Waals surface area contributed by atoms with Gasteiger partial charge in [-0.3, -0.25) is 0 Å². The first-order valence-electron chi connectivity index (χ1n) is 16.6. The monoisotopic (exact) mass is 603 g/mol. The van der Waals surface area contributed by atoms with Crippen molar-refractivity contribution in [2.75, 3.05) is 6.61 Å². The minimum Gasteiger partial charge on any atom is -0.477 e. The van der Waals surface area contributed by atoms with Crippen LogP contribution in [0.2, 0.25) is 0 Å². The molecule has 44 heavy (non-hydrogen) atoms. The molecule has 0 aromatic carbocycles. The maximum Gasteiger partial charge on any atom is 0.213 e. The lowest BCUT2D eigenvalue weighted by molar-refractivity contribution is 0.0383. The molecular formula is C38H57N3O3. The molecule has 3 aromatic rings. The average molecular weight is 604 g/mol. The Morgan fingerprint density at radius 2 is 1.11 bits per heavy atom. The van der Waals surface area contributed by atoms with E-state index >= 15 is 0 Å². The number of aromatic nitrogens is 3. The third kappa shape index (κ3) is 11.1. The van der Waals surface area contributed by atoms with E-state index in [1.165, 1.54) is 0 Å². The van der Waals surface area contributed by atoms with Gasteiger partial charge in [-0.25, -0.2) is 15.0 Å². The third-order valence-corrected chi connectivity index (χ3v) is 8.45. The number of nitrogens with zero attached hydrogens (tertiary/aromatic N) is 3. The molecule has 0 aliphatic carbocycles. The Balaban J connectivity index is 1.56. The Hall–Kier alpha value is -3.15. The minimum atomic E-state index is -0.0634. The molecule has 0 spiro atoms. The van der Waals surface area contributed by atoms with Gasteiger partial charge in [0.15, 0.2) is 0 Å². The summed E-state index contributed by atoms with van der Waals surface area (Å²) in [6.07, 6.45) is 2.91. The summed E-state index contributed by atoms with van der Waals surface area (Å²) in [5.41, 5.74) is 3.11. The van der Waals surface area contributed by atoms with Crippen molar-refractivity contribution < 1.29 is 14.2 Å². The Morgan fingerprint density at radius 3 is 1.68 bits per heavy atom. The van der Waals surface area contributed by atoms with Crippen molar-refractivity contribution in [1.82, 2.24) is 15.0 Å². The van der Waals surface area contributed by atoms with E-state index in [0.717, 1.165) is 36.3 Å². The molecule has 0 bridgehead atoms. The van der Waals surface area contributed by atoms with Gasteiger partial charge < -0.3 is 14.2 Å². The van der Waals surface area contributed by atoms with E-state index in [-0.39, 0.29) is 23.5 Å². The predicted molar refractivity (Wildman–Crippen MR) is 181 cm³/mol. The Morgan fingerprint density at radius 1 is 0.614 bits per heavy atom. The van der Waals surface area contributed by atoms with Gasteiger partial charge in [-0.1, -0.05) is 87.4 Å². The van der Waals surface area contributed by atoms with Crippen molar-refractivity contribution in [3.63, 3.8) is 0 Å². The smallest absolute Gasteiger partial charge is 0.213 e. The van der Waals surface area contributed by atoms with Crippen molar-refractivity contribution in [3.8, 4) is 17.6 Å². The molecule has 0 aliphatic heterocycles. The van der Waals surface area contributed by atoms with Crippen LogP contribution in [0.3, 0.4) is 0 Å². The van der Waals surface area contributed by atoms with Crippen LogP contribution in [0.4, 0.5) is 0 Å². The molecule has 6 heteroatoms. The Labute approximate surface area is 267 Å². The molecule has 5 unspecified atom stereocenters. The SMILES string of the molecule is CC(CCC(C)c1cccc(OC(CC(C)C(C)Oc2cccc(C(C)C)n2)C(C)(C)C)n1)COc1cccc(C(C)C)n1. The molecule has 3 rings (SSSR count). The minimum absolute atomic E-state index is 0.00132. The number of rotatable bonds is 16. The van der Waals surface area contributed by atoms with Crippen LogP contribution in [0.5, 0.6) is 17.6 Å². The normalized spacial score (nSPS) is 15.5. The third-order valence-electron chi connectivity index (χ3n) is 8.45. The summed E-state index contributed by atoms with van der Waals surface area (Å²) in [6.45, 7) is 24.8. The number of pyridine rings is 3. The van der Waals surface area contributed by atoms with Gasteiger partial charge in [-0.15, -0.1) is 0 Å². The maximum atomic E-state index is 6.62. The van der Waals surface area contributed by atoms with Gasteiger partial charge in [0.25, 0.3) is 0 Å². The molecule has 5 atom stereocenters. The van der Waals surface area contributed by atoms with Crippen LogP contribution in [-0.2, 0) is 0 Å². The molecule has 0 amide bonds. The first-order valence-corrected chi connectivity index (χ1v) is 16.6. The van der Waals surface area contributed by atoms with Crippen molar-refractivity contribution in [3.05, 3.63) is 71.7 Å². The number of hydrogen-bond acceptors (Lipinski definition) is 6. The van der Waals surface area contributed by atoms with Gasteiger partial charge in [-0.2, -0.15) is 0 Å². The maximum absolute atomic E-state index is 6.62. The van der Waals surface area contributed by atoms with Crippen LogP contribution < -0.4 is 14.2 Å². The zero-order chi connectivity index (χ0) is 32.4. The Kier molecular flexibility index (Phi) is 13.0. The highest BCUT2D eigenvalue weighted by Crippen LogP contribution is 2.32. The van der Waals surface area contributed by atoms with Gasteiger partial charge in [-0.05, 0) is 79.4 Å². The highest BCUT2D eigenvalue weighted by molar-refractivity contribution is 5.20. The molecule has 0 N–H and O–H groups in total. The summed E-state index contributed by atoms with van der Waals surface area (Å²) in [4.78, 5) is 14.3. The standard InChI is InChI=1S/C38H57N3O3/c1-25(2)31-15-12-18-35(39-31)42-24-27(5)21-22-28(6)33-17-14-20-37(41-33)44-34(38(9,10)11)23-29(7)30(8)43-36-19-13-16-32(40-36)26(3)4/h12-20,25-30,34H,21-24H2,1-11H3. The second-order valence-corrected chi connectivity index (χ2v) is 14.4. The fourth-order valence-corrected chi connectivity index (χ4v) is 4.98. The summed E-state index contributed by atoms with van der Waals surface area (Å²) in [5.74, 6) is 3.83. The lowest BCUT2D eigenvalue weighted by Crippen LogP contribution is -2.37. The van der Waals surface area contributed by atoms with E-state index in [4.69, 9.17) is 24.2 Å². The van der Waals surface area contributed by atoms with Crippen LogP contribution in [0, 0.1) is 17.3 Å². The van der Waals surface area contributed by atoms with Gasteiger partial charge in [0.1, 0.15) is 12.2 Å². The molecular weight excluding hydrogens is 546 g/mol. The second-order valence-electron chi connectivity index (χ2n) is 14.4. The van der Waals surface area contributed by atoms with Crippen molar-refractivity contribution in [2.45, 2.75) is 125 Å². The number of ether oxygens (including phenoxy) is 3. The van der Waals surface area contributed by atoms with Gasteiger partial charge in [0, 0.05) is 35.3 Å². The zero-order valence-corrected chi connectivity index (χ0v) is 29.1. The van der Waals surface area contributed by atoms with Crippen LogP contribution in [0.15, 0.2) is 54.6 Å². The molecule has 242 valence electrons. The van der Waals surface area contributed by atoms with Crippen LogP contribution in [0.1, 0.15) is 130 Å². The summed E-state index contributed by atoms with van der Waals surface area (Å²) in [5, 5.41) is 0. The molecule has 0 saturated carbocycles. The van der Waals surface area contributed by atoms with Gasteiger partial charge in [0.2, 0.25) is 17.6 Å². The molecule has 0 aliphatic rings. The second kappa shape index (κ2) is 16.2. The fourth-order valence-electron chi connectivity index (χ4n) is 4.98.